The monoisotopic (exact) mass is 233 g/mol. The molecule has 0 heterocycles. The molecular weight excluding hydrogens is 226 g/mol. The highest BCUT2D eigenvalue weighted by Crippen LogP contribution is 1.61. The lowest BCUT2D eigenvalue weighted by Gasteiger charge is -1.85. The van der Waals surface area contributed by atoms with Gasteiger partial charge in [0.15, 0.2) is 0 Å². The van der Waals surface area contributed by atoms with Gasteiger partial charge in [-0.3, -0.25) is 0 Å². The van der Waals surface area contributed by atoms with Crippen molar-refractivity contribution in [3.63, 3.8) is 0 Å². The minimum Gasteiger partial charge on any atom is -0.375 e. The minimum absolute atomic E-state index is 0. The quantitative estimate of drug-likeness (QED) is 0.516. The maximum absolute atomic E-state index is 8.02. The Kier molecular flexibility index (Phi) is 21.9. The Hall–Kier alpha value is 0.620. The van der Waals surface area contributed by atoms with Gasteiger partial charge < -0.3 is 10.8 Å². The SMILES string of the molecule is Br.Br.C=CC(N)O. The molecule has 7 heavy (non-hydrogen) atoms. The van der Waals surface area contributed by atoms with Crippen molar-refractivity contribution in [3.05, 3.63) is 12.7 Å². The number of rotatable bonds is 1. The summed E-state index contributed by atoms with van der Waals surface area (Å²) in [7, 11) is 0. The van der Waals surface area contributed by atoms with Gasteiger partial charge in [0.25, 0.3) is 0 Å². The summed E-state index contributed by atoms with van der Waals surface area (Å²) in [5, 5.41) is 8.02. The molecule has 0 bridgehead atoms. The molecule has 1 atom stereocenters. The summed E-state index contributed by atoms with van der Waals surface area (Å²) in [5.74, 6) is 0. The van der Waals surface area contributed by atoms with Crippen LogP contribution in [0.3, 0.4) is 0 Å². The molecule has 0 rings (SSSR count). The molecule has 2 nitrogen and oxygen atoms in total. The number of aliphatic hydroxyl groups is 1. The Labute approximate surface area is 63.9 Å². The number of halogens is 2. The summed E-state index contributed by atoms with van der Waals surface area (Å²) in [4.78, 5) is 0. The van der Waals surface area contributed by atoms with Gasteiger partial charge >= 0.3 is 0 Å². The largest absolute Gasteiger partial charge is 0.375 e. The highest BCUT2D eigenvalue weighted by atomic mass is 79.9. The topological polar surface area (TPSA) is 46.2 Å². The van der Waals surface area contributed by atoms with E-state index in [0.717, 1.165) is 0 Å². The van der Waals surface area contributed by atoms with Crippen LogP contribution in [0.2, 0.25) is 0 Å². The van der Waals surface area contributed by atoms with Crippen LogP contribution in [0.5, 0.6) is 0 Å². The molecule has 0 fully saturated rings. The molecule has 0 aromatic heterocycles. The van der Waals surface area contributed by atoms with E-state index >= 15 is 0 Å². The summed E-state index contributed by atoms with van der Waals surface area (Å²) < 4.78 is 0. The molecule has 0 saturated carbocycles. The first-order valence-corrected chi connectivity index (χ1v) is 1.33. The molecule has 0 radical (unpaired) electrons. The third-order valence-corrected chi connectivity index (χ3v) is 0.241. The van der Waals surface area contributed by atoms with E-state index in [4.69, 9.17) is 10.8 Å². The first-order valence-electron chi connectivity index (χ1n) is 1.33. The molecule has 0 aliphatic rings. The molecule has 3 N–H and O–H groups in total. The van der Waals surface area contributed by atoms with Crippen molar-refractivity contribution < 1.29 is 5.11 Å². The van der Waals surface area contributed by atoms with Crippen LogP contribution in [0.1, 0.15) is 0 Å². The van der Waals surface area contributed by atoms with Crippen molar-refractivity contribution >= 4 is 34.0 Å². The van der Waals surface area contributed by atoms with Crippen LogP contribution in [-0.2, 0) is 0 Å². The standard InChI is InChI=1S/C3H7NO.2BrH/c1-2-3(4)5;;/h2-3,5H,1,4H2;2*1H. The fourth-order valence-electron chi connectivity index (χ4n) is 0. The predicted octanol–water partition coefficient (Wildman–Crippen LogP) is 0.605. The molecule has 0 aliphatic heterocycles. The van der Waals surface area contributed by atoms with Gasteiger partial charge in [0, 0.05) is 0 Å². The van der Waals surface area contributed by atoms with Crippen LogP contribution < -0.4 is 5.73 Å². The van der Waals surface area contributed by atoms with E-state index < -0.39 is 6.23 Å². The van der Waals surface area contributed by atoms with E-state index in [-0.39, 0.29) is 34.0 Å². The zero-order valence-corrected chi connectivity index (χ0v) is 7.13. The molecule has 46 valence electrons. The van der Waals surface area contributed by atoms with Crippen LogP contribution in [0.25, 0.3) is 0 Å². The second-order valence-corrected chi connectivity index (χ2v) is 0.726. The Balaban J connectivity index is -0.0000000800. The van der Waals surface area contributed by atoms with Crippen LogP contribution in [0.15, 0.2) is 12.7 Å². The highest BCUT2D eigenvalue weighted by Gasteiger charge is 1.74. The molecule has 0 aromatic rings. The summed E-state index contributed by atoms with van der Waals surface area (Å²) in [6.45, 7) is 3.19. The maximum Gasteiger partial charge on any atom is 0.121 e. The van der Waals surface area contributed by atoms with Gasteiger partial charge in [0.1, 0.15) is 6.23 Å². The van der Waals surface area contributed by atoms with Crippen molar-refractivity contribution in [2.45, 2.75) is 6.23 Å². The number of hydrogen-bond donors (Lipinski definition) is 2. The maximum atomic E-state index is 8.02. The van der Waals surface area contributed by atoms with Gasteiger partial charge in [-0.15, -0.1) is 34.0 Å². The summed E-state index contributed by atoms with van der Waals surface area (Å²) in [5.41, 5.74) is 4.73. The molecule has 0 aliphatic carbocycles. The van der Waals surface area contributed by atoms with Gasteiger partial charge in [-0.25, -0.2) is 0 Å². The lowest BCUT2D eigenvalue weighted by atomic mass is 10.6. The molecule has 0 amide bonds. The molecule has 4 heteroatoms. The highest BCUT2D eigenvalue weighted by molar-refractivity contribution is 8.93. The summed E-state index contributed by atoms with van der Waals surface area (Å²) in [6.07, 6.45) is 0.398. The van der Waals surface area contributed by atoms with Crippen molar-refractivity contribution in [2.24, 2.45) is 5.73 Å². The lowest BCUT2D eigenvalue weighted by Crippen LogP contribution is -2.13. The lowest BCUT2D eigenvalue weighted by molar-refractivity contribution is 0.232. The smallest absolute Gasteiger partial charge is 0.121 e. The van der Waals surface area contributed by atoms with Gasteiger partial charge in [0.05, 0.1) is 0 Å². The predicted molar refractivity (Wildman–Crippen MR) is 41.0 cm³/mol. The second-order valence-electron chi connectivity index (χ2n) is 0.726. The zero-order valence-electron chi connectivity index (χ0n) is 3.70. The third-order valence-electron chi connectivity index (χ3n) is 0.241. The van der Waals surface area contributed by atoms with E-state index in [0.29, 0.717) is 0 Å². The van der Waals surface area contributed by atoms with Crippen LogP contribution in [0.4, 0.5) is 0 Å². The van der Waals surface area contributed by atoms with E-state index in [1.807, 2.05) is 0 Å². The summed E-state index contributed by atoms with van der Waals surface area (Å²) in [6, 6.07) is 0. The number of aliphatic hydroxyl groups excluding tert-OH is 1. The first kappa shape index (κ1) is 15.6. The van der Waals surface area contributed by atoms with Crippen LogP contribution >= 0.6 is 34.0 Å². The number of nitrogens with two attached hydrogens (primary N) is 1. The molecule has 0 saturated heterocycles. The van der Waals surface area contributed by atoms with Crippen molar-refractivity contribution in [2.75, 3.05) is 0 Å². The van der Waals surface area contributed by atoms with E-state index in [1.165, 1.54) is 6.08 Å². The molecule has 1 unspecified atom stereocenters. The van der Waals surface area contributed by atoms with E-state index in [9.17, 15) is 0 Å². The Bertz CT molecular complexity index is 39.9. The molecular formula is C3H9Br2NO. The van der Waals surface area contributed by atoms with E-state index in [1.54, 1.807) is 0 Å². The Morgan fingerprint density at radius 1 is 1.57 bits per heavy atom. The van der Waals surface area contributed by atoms with E-state index in [2.05, 4.69) is 6.58 Å². The van der Waals surface area contributed by atoms with Gasteiger partial charge in [-0.05, 0) is 6.08 Å². The van der Waals surface area contributed by atoms with Crippen LogP contribution in [-0.4, -0.2) is 11.3 Å². The summed E-state index contributed by atoms with van der Waals surface area (Å²) >= 11 is 0. The van der Waals surface area contributed by atoms with Crippen molar-refractivity contribution in [3.8, 4) is 0 Å². The zero-order chi connectivity index (χ0) is 4.28. The van der Waals surface area contributed by atoms with Gasteiger partial charge in [-0.1, -0.05) is 6.58 Å². The van der Waals surface area contributed by atoms with Crippen LogP contribution in [0, 0.1) is 0 Å². The fourth-order valence-corrected chi connectivity index (χ4v) is 0. The second kappa shape index (κ2) is 9.80. The van der Waals surface area contributed by atoms with Gasteiger partial charge in [-0.2, -0.15) is 0 Å². The average Bonchev–Trinajstić information content (AvgIpc) is 1.38. The Morgan fingerprint density at radius 2 is 1.71 bits per heavy atom. The molecule has 0 spiro atoms. The van der Waals surface area contributed by atoms with Crippen molar-refractivity contribution in [1.82, 2.24) is 0 Å². The Morgan fingerprint density at radius 3 is 1.71 bits per heavy atom. The normalized spacial score (nSPS) is 10.0. The third kappa shape index (κ3) is 20.6. The number of hydrogen-bond acceptors (Lipinski definition) is 2. The van der Waals surface area contributed by atoms with Gasteiger partial charge in [0.2, 0.25) is 0 Å². The minimum atomic E-state index is -0.852. The molecule has 0 aromatic carbocycles. The fraction of sp³-hybridized carbons (Fsp3) is 0.333. The average molecular weight is 235 g/mol. The first-order chi connectivity index (χ1) is 2.27. The van der Waals surface area contributed by atoms with Crippen molar-refractivity contribution in [1.29, 1.82) is 0 Å².